The van der Waals surface area contributed by atoms with Gasteiger partial charge in [-0.15, -0.1) is 0 Å². The Balaban J connectivity index is 2.69. The highest BCUT2D eigenvalue weighted by Gasteiger charge is 2.29. The third kappa shape index (κ3) is 4.40. The number of rotatable bonds is 6. The van der Waals surface area contributed by atoms with Crippen LogP contribution in [-0.2, 0) is 4.79 Å². The number of hydrogen-bond donors (Lipinski definition) is 1. The van der Waals surface area contributed by atoms with Gasteiger partial charge in [0.2, 0.25) is 0 Å². The molecule has 0 spiro atoms. The predicted octanol–water partition coefficient (Wildman–Crippen LogP) is 2.56. The summed E-state index contributed by atoms with van der Waals surface area (Å²) in [5.74, 6) is -0.859. The van der Waals surface area contributed by atoms with E-state index in [9.17, 15) is 9.59 Å². The number of hydrogen-bond acceptors (Lipinski definition) is 2. The summed E-state index contributed by atoms with van der Waals surface area (Å²) >= 11 is 0. The standard InChI is InChI=1S/C14H26N2O3/c1-4-15(12-7-5-6-8-12)14(19)16(11(2)3)10-9-13(17)18/h11-12H,4-10H2,1-3H3,(H,17,18). The van der Waals surface area contributed by atoms with E-state index in [1.54, 1.807) is 4.90 Å². The van der Waals surface area contributed by atoms with Crippen LogP contribution in [0, 0.1) is 0 Å². The van der Waals surface area contributed by atoms with Gasteiger partial charge in [-0.2, -0.15) is 0 Å². The van der Waals surface area contributed by atoms with Crippen molar-refractivity contribution < 1.29 is 14.7 Å². The minimum atomic E-state index is -0.859. The largest absolute Gasteiger partial charge is 0.481 e. The molecule has 1 saturated carbocycles. The maximum absolute atomic E-state index is 12.6. The molecule has 110 valence electrons. The van der Waals surface area contributed by atoms with Gasteiger partial charge < -0.3 is 14.9 Å². The zero-order valence-electron chi connectivity index (χ0n) is 12.3. The lowest BCUT2D eigenvalue weighted by molar-refractivity contribution is -0.137. The molecule has 0 unspecified atom stereocenters. The van der Waals surface area contributed by atoms with Crippen LogP contribution in [0.5, 0.6) is 0 Å². The highest BCUT2D eigenvalue weighted by molar-refractivity contribution is 5.76. The molecule has 0 aromatic carbocycles. The number of aliphatic carboxylic acids is 1. The summed E-state index contributed by atoms with van der Waals surface area (Å²) in [6, 6.07) is 0.358. The summed E-state index contributed by atoms with van der Waals surface area (Å²) in [4.78, 5) is 26.9. The highest BCUT2D eigenvalue weighted by Crippen LogP contribution is 2.24. The molecule has 0 radical (unpaired) electrons. The van der Waals surface area contributed by atoms with Gasteiger partial charge in [0.25, 0.3) is 0 Å². The van der Waals surface area contributed by atoms with Crippen LogP contribution >= 0.6 is 0 Å². The van der Waals surface area contributed by atoms with Crippen LogP contribution < -0.4 is 0 Å². The lowest BCUT2D eigenvalue weighted by Gasteiger charge is -2.35. The summed E-state index contributed by atoms with van der Waals surface area (Å²) in [6.45, 7) is 6.84. The van der Waals surface area contributed by atoms with Crippen LogP contribution in [0.2, 0.25) is 0 Å². The quantitative estimate of drug-likeness (QED) is 0.807. The van der Waals surface area contributed by atoms with Crippen LogP contribution in [0.15, 0.2) is 0 Å². The van der Waals surface area contributed by atoms with Crippen molar-refractivity contribution in [2.75, 3.05) is 13.1 Å². The Hall–Kier alpha value is -1.26. The van der Waals surface area contributed by atoms with Crippen molar-refractivity contribution in [1.29, 1.82) is 0 Å². The highest BCUT2D eigenvalue weighted by atomic mass is 16.4. The molecule has 1 fully saturated rings. The maximum Gasteiger partial charge on any atom is 0.320 e. The Morgan fingerprint density at radius 2 is 1.84 bits per heavy atom. The molecule has 1 N–H and O–H groups in total. The van der Waals surface area contributed by atoms with Crippen LogP contribution in [0.25, 0.3) is 0 Å². The van der Waals surface area contributed by atoms with Crippen molar-refractivity contribution in [2.45, 2.75) is 65.0 Å². The van der Waals surface area contributed by atoms with E-state index in [1.807, 2.05) is 25.7 Å². The second-order valence-corrected chi connectivity index (χ2v) is 5.44. The number of urea groups is 1. The molecule has 5 heteroatoms. The fourth-order valence-electron chi connectivity index (χ4n) is 2.72. The van der Waals surface area contributed by atoms with Gasteiger partial charge >= 0.3 is 12.0 Å². The van der Waals surface area contributed by atoms with Gasteiger partial charge in [0.15, 0.2) is 0 Å². The van der Waals surface area contributed by atoms with Gasteiger partial charge in [-0.05, 0) is 33.6 Å². The average Bonchev–Trinajstić information content (AvgIpc) is 2.83. The SMILES string of the molecule is CCN(C(=O)N(CCC(=O)O)C(C)C)C1CCCC1. The molecule has 0 aliphatic heterocycles. The van der Waals surface area contributed by atoms with Crippen LogP contribution in [-0.4, -0.2) is 52.1 Å². The maximum atomic E-state index is 12.6. The van der Waals surface area contributed by atoms with E-state index in [-0.39, 0.29) is 25.0 Å². The first-order valence-corrected chi connectivity index (χ1v) is 7.26. The molecule has 19 heavy (non-hydrogen) atoms. The lowest BCUT2D eigenvalue weighted by atomic mass is 10.2. The van der Waals surface area contributed by atoms with E-state index in [4.69, 9.17) is 5.11 Å². The van der Waals surface area contributed by atoms with Crippen LogP contribution in [0.1, 0.15) is 52.9 Å². The summed E-state index contributed by atoms with van der Waals surface area (Å²) in [5.41, 5.74) is 0. The molecule has 1 aliphatic carbocycles. The van der Waals surface area contributed by atoms with E-state index in [2.05, 4.69) is 0 Å². The molecule has 0 aromatic heterocycles. The van der Waals surface area contributed by atoms with E-state index in [0.29, 0.717) is 12.6 Å². The fraction of sp³-hybridized carbons (Fsp3) is 0.857. The van der Waals surface area contributed by atoms with Gasteiger partial charge in [-0.25, -0.2) is 4.79 Å². The van der Waals surface area contributed by atoms with E-state index in [1.165, 1.54) is 12.8 Å². The Morgan fingerprint density at radius 3 is 2.26 bits per heavy atom. The number of carbonyl (C=O) groups excluding carboxylic acids is 1. The number of amides is 2. The third-order valence-corrected chi connectivity index (χ3v) is 3.79. The van der Waals surface area contributed by atoms with E-state index < -0.39 is 5.97 Å². The normalized spacial score (nSPS) is 15.8. The van der Waals surface area contributed by atoms with Crippen molar-refractivity contribution in [3.63, 3.8) is 0 Å². The molecule has 2 amide bonds. The van der Waals surface area contributed by atoms with Crippen molar-refractivity contribution >= 4 is 12.0 Å². The summed E-state index contributed by atoms with van der Waals surface area (Å²) in [6.07, 6.45) is 4.53. The first-order valence-electron chi connectivity index (χ1n) is 7.26. The zero-order chi connectivity index (χ0) is 14.4. The van der Waals surface area contributed by atoms with Crippen LogP contribution in [0.3, 0.4) is 0 Å². The predicted molar refractivity (Wildman–Crippen MR) is 74.1 cm³/mol. The molecule has 1 rings (SSSR count). The number of carboxylic acids is 1. The van der Waals surface area contributed by atoms with Crippen molar-refractivity contribution in [2.24, 2.45) is 0 Å². The molecular formula is C14H26N2O3. The minimum Gasteiger partial charge on any atom is -0.481 e. The summed E-state index contributed by atoms with van der Waals surface area (Å²) in [7, 11) is 0. The lowest BCUT2D eigenvalue weighted by Crippen LogP contribution is -2.50. The molecular weight excluding hydrogens is 244 g/mol. The monoisotopic (exact) mass is 270 g/mol. The molecule has 0 heterocycles. The van der Waals surface area contributed by atoms with Gasteiger partial charge in [0.1, 0.15) is 0 Å². The molecule has 5 nitrogen and oxygen atoms in total. The number of nitrogens with zero attached hydrogens (tertiary/aromatic N) is 2. The molecule has 1 aliphatic rings. The average molecular weight is 270 g/mol. The summed E-state index contributed by atoms with van der Waals surface area (Å²) in [5, 5.41) is 8.78. The topological polar surface area (TPSA) is 60.9 Å². The Kier molecular flexibility index (Phi) is 6.12. The van der Waals surface area contributed by atoms with Crippen LogP contribution in [0.4, 0.5) is 4.79 Å². The van der Waals surface area contributed by atoms with E-state index in [0.717, 1.165) is 12.8 Å². The zero-order valence-corrected chi connectivity index (χ0v) is 12.3. The second kappa shape index (κ2) is 7.36. The molecule has 0 saturated heterocycles. The van der Waals surface area contributed by atoms with E-state index >= 15 is 0 Å². The van der Waals surface area contributed by atoms with Crippen molar-refractivity contribution in [3.8, 4) is 0 Å². The van der Waals surface area contributed by atoms with Gasteiger partial charge in [-0.3, -0.25) is 4.79 Å². The second-order valence-electron chi connectivity index (χ2n) is 5.44. The minimum absolute atomic E-state index is 0.00609. The summed E-state index contributed by atoms with van der Waals surface area (Å²) < 4.78 is 0. The van der Waals surface area contributed by atoms with Gasteiger partial charge in [0.05, 0.1) is 6.42 Å². The Morgan fingerprint density at radius 1 is 1.26 bits per heavy atom. The van der Waals surface area contributed by atoms with Crippen molar-refractivity contribution in [3.05, 3.63) is 0 Å². The smallest absolute Gasteiger partial charge is 0.320 e. The first kappa shape index (κ1) is 15.8. The molecule has 0 atom stereocenters. The third-order valence-electron chi connectivity index (χ3n) is 3.79. The molecule has 0 aromatic rings. The van der Waals surface area contributed by atoms with Gasteiger partial charge in [-0.1, -0.05) is 12.8 Å². The Labute approximate surface area is 115 Å². The van der Waals surface area contributed by atoms with Crippen molar-refractivity contribution in [1.82, 2.24) is 9.80 Å². The first-order chi connectivity index (χ1) is 8.97. The Bertz CT molecular complexity index is 312. The molecule has 0 bridgehead atoms. The number of carbonyl (C=O) groups is 2. The van der Waals surface area contributed by atoms with Gasteiger partial charge in [0, 0.05) is 25.2 Å². The fourth-order valence-corrected chi connectivity index (χ4v) is 2.72. The number of carboxylic acid groups (broad SMARTS) is 1.